The van der Waals surface area contributed by atoms with Crippen molar-refractivity contribution in [3.8, 4) is 0 Å². The number of hydrogen-bond donors (Lipinski definition) is 3. The molecule has 0 bridgehead atoms. The van der Waals surface area contributed by atoms with Crippen LogP contribution in [0.15, 0.2) is 48.5 Å². The third kappa shape index (κ3) is 4.85. The van der Waals surface area contributed by atoms with Gasteiger partial charge in [-0.15, -0.1) is 0 Å². The second-order valence-electron chi connectivity index (χ2n) is 6.97. The minimum absolute atomic E-state index is 0.0969. The molecule has 26 heavy (non-hydrogen) atoms. The van der Waals surface area contributed by atoms with Gasteiger partial charge >= 0.3 is 0 Å². The maximum atomic E-state index is 12.3. The first kappa shape index (κ1) is 18.0. The summed E-state index contributed by atoms with van der Waals surface area (Å²) < 4.78 is 0. The summed E-state index contributed by atoms with van der Waals surface area (Å²) in [5, 5.41) is 8.90. The molecule has 5 heteroatoms. The Bertz CT molecular complexity index is 780. The van der Waals surface area contributed by atoms with Crippen LogP contribution in [0.3, 0.4) is 0 Å². The zero-order valence-electron chi connectivity index (χ0n) is 15.2. The minimum Gasteiger partial charge on any atom is -0.376 e. The average molecular weight is 351 g/mol. The molecule has 0 radical (unpaired) electrons. The lowest BCUT2D eigenvalue weighted by atomic mass is 10.0. The summed E-state index contributed by atoms with van der Waals surface area (Å²) in [4.78, 5) is 24.5. The SMILES string of the molecule is CC(C)c1ccc(NC(=O)CNc2ccccc2C(=O)NC2CC2)cc1. The molecule has 1 fully saturated rings. The molecule has 0 atom stereocenters. The van der Waals surface area contributed by atoms with E-state index in [0.717, 1.165) is 18.5 Å². The van der Waals surface area contributed by atoms with Crippen LogP contribution in [0.5, 0.6) is 0 Å². The van der Waals surface area contributed by atoms with Gasteiger partial charge in [0.15, 0.2) is 0 Å². The van der Waals surface area contributed by atoms with Crippen LogP contribution in [0.1, 0.15) is 48.5 Å². The largest absolute Gasteiger partial charge is 0.376 e. The monoisotopic (exact) mass is 351 g/mol. The first-order chi connectivity index (χ1) is 12.5. The van der Waals surface area contributed by atoms with Gasteiger partial charge in [0.1, 0.15) is 0 Å². The number of para-hydroxylation sites is 1. The van der Waals surface area contributed by atoms with Gasteiger partial charge in [0, 0.05) is 17.4 Å². The maximum Gasteiger partial charge on any atom is 0.253 e. The molecule has 0 aliphatic heterocycles. The van der Waals surface area contributed by atoms with Gasteiger partial charge in [0.2, 0.25) is 5.91 Å². The molecule has 3 rings (SSSR count). The van der Waals surface area contributed by atoms with E-state index in [1.165, 1.54) is 5.56 Å². The van der Waals surface area contributed by atoms with Crippen molar-refractivity contribution in [3.63, 3.8) is 0 Å². The van der Waals surface area contributed by atoms with Crippen molar-refractivity contribution in [1.82, 2.24) is 5.32 Å². The van der Waals surface area contributed by atoms with E-state index in [1.807, 2.05) is 42.5 Å². The van der Waals surface area contributed by atoms with Crippen molar-refractivity contribution in [2.75, 3.05) is 17.2 Å². The van der Waals surface area contributed by atoms with Crippen molar-refractivity contribution < 1.29 is 9.59 Å². The highest BCUT2D eigenvalue weighted by atomic mass is 16.2. The third-order valence-corrected chi connectivity index (χ3v) is 4.38. The predicted molar refractivity (Wildman–Crippen MR) is 105 cm³/mol. The number of anilines is 2. The van der Waals surface area contributed by atoms with Crippen LogP contribution in [0, 0.1) is 0 Å². The van der Waals surface area contributed by atoms with E-state index in [-0.39, 0.29) is 18.4 Å². The Balaban J connectivity index is 1.56. The highest BCUT2D eigenvalue weighted by Gasteiger charge is 2.24. The Labute approximate surface area is 154 Å². The lowest BCUT2D eigenvalue weighted by molar-refractivity contribution is -0.114. The normalized spacial score (nSPS) is 13.3. The molecule has 2 aromatic carbocycles. The molecule has 1 aliphatic rings. The summed E-state index contributed by atoms with van der Waals surface area (Å²) in [5.41, 5.74) is 3.22. The second-order valence-corrected chi connectivity index (χ2v) is 6.97. The number of carbonyl (C=O) groups is 2. The molecular formula is C21H25N3O2. The summed E-state index contributed by atoms with van der Waals surface area (Å²) in [6, 6.07) is 15.4. The van der Waals surface area contributed by atoms with Crippen LogP contribution < -0.4 is 16.0 Å². The minimum atomic E-state index is -0.153. The molecule has 1 saturated carbocycles. The van der Waals surface area contributed by atoms with Crippen molar-refractivity contribution in [2.24, 2.45) is 0 Å². The molecule has 3 N–H and O–H groups in total. The van der Waals surface area contributed by atoms with Crippen LogP contribution in [-0.2, 0) is 4.79 Å². The lowest BCUT2D eigenvalue weighted by Gasteiger charge is -2.12. The van der Waals surface area contributed by atoms with Gasteiger partial charge in [-0.3, -0.25) is 9.59 Å². The summed E-state index contributed by atoms with van der Waals surface area (Å²) in [6.07, 6.45) is 2.08. The zero-order valence-corrected chi connectivity index (χ0v) is 15.2. The van der Waals surface area contributed by atoms with Gasteiger partial charge in [-0.2, -0.15) is 0 Å². The highest BCUT2D eigenvalue weighted by Crippen LogP contribution is 2.21. The smallest absolute Gasteiger partial charge is 0.253 e. The molecule has 0 aromatic heterocycles. The molecule has 136 valence electrons. The van der Waals surface area contributed by atoms with E-state index in [9.17, 15) is 9.59 Å². The van der Waals surface area contributed by atoms with Crippen molar-refractivity contribution in [2.45, 2.75) is 38.6 Å². The van der Waals surface area contributed by atoms with E-state index in [4.69, 9.17) is 0 Å². The highest BCUT2D eigenvalue weighted by molar-refractivity contribution is 6.01. The second kappa shape index (κ2) is 8.04. The van der Waals surface area contributed by atoms with E-state index in [1.54, 1.807) is 6.07 Å². The van der Waals surface area contributed by atoms with E-state index >= 15 is 0 Å². The Morgan fingerprint density at radius 3 is 2.38 bits per heavy atom. The molecule has 0 unspecified atom stereocenters. The summed E-state index contributed by atoms with van der Waals surface area (Å²) >= 11 is 0. The zero-order chi connectivity index (χ0) is 18.5. The van der Waals surface area contributed by atoms with Gasteiger partial charge in [-0.05, 0) is 48.6 Å². The Morgan fingerprint density at radius 1 is 1.04 bits per heavy atom. The molecule has 2 aromatic rings. The van der Waals surface area contributed by atoms with Gasteiger partial charge in [-0.25, -0.2) is 0 Å². The van der Waals surface area contributed by atoms with Gasteiger partial charge in [-0.1, -0.05) is 38.1 Å². The standard InChI is InChI=1S/C21H25N3O2/c1-14(2)15-7-9-16(10-8-15)23-20(25)13-22-19-6-4-3-5-18(19)21(26)24-17-11-12-17/h3-10,14,17,22H,11-13H2,1-2H3,(H,23,25)(H,24,26). The lowest BCUT2D eigenvalue weighted by Crippen LogP contribution is -2.27. The van der Waals surface area contributed by atoms with Gasteiger partial charge in [0.25, 0.3) is 5.91 Å². The van der Waals surface area contributed by atoms with Crippen molar-refractivity contribution in [3.05, 3.63) is 59.7 Å². The van der Waals surface area contributed by atoms with Crippen molar-refractivity contribution >= 4 is 23.2 Å². The number of hydrogen-bond acceptors (Lipinski definition) is 3. The Morgan fingerprint density at radius 2 is 1.73 bits per heavy atom. The first-order valence-corrected chi connectivity index (χ1v) is 9.06. The third-order valence-electron chi connectivity index (χ3n) is 4.38. The van der Waals surface area contributed by atoms with E-state index < -0.39 is 0 Å². The fraction of sp³-hybridized carbons (Fsp3) is 0.333. The van der Waals surface area contributed by atoms with Crippen LogP contribution >= 0.6 is 0 Å². The first-order valence-electron chi connectivity index (χ1n) is 9.06. The van der Waals surface area contributed by atoms with Crippen LogP contribution in [-0.4, -0.2) is 24.4 Å². The van der Waals surface area contributed by atoms with Crippen LogP contribution in [0.25, 0.3) is 0 Å². The van der Waals surface area contributed by atoms with Gasteiger partial charge in [0.05, 0.1) is 12.1 Å². The quantitative estimate of drug-likeness (QED) is 0.711. The average Bonchev–Trinajstić information content (AvgIpc) is 3.44. The maximum absolute atomic E-state index is 12.3. The van der Waals surface area contributed by atoms with Crippen molar-refractivity contribution in [1.29, 1.82) is 0 Å². The predicted octanol–water partition coefficient (Wildman–Crippen LogP) is 3.75. The topological polar surface area (TPSA) is 70.2 Å². The summed E-state index contributed by atoms with van der Waals surface area (Å²) in [7, 11) is 0. The molecule has 0 heterocycles. The molecule has 0 spiro atoms. The summed E-state index contributed by atoms with van der Waals surface area (Å²) in [6.45, 7) is 4.36. The number of amides is 2. The van der Waals surface area contributed by atoms with Crippen LogP contribution in [0.2, 0.25) is 0 Å². The number of carbonyl (C=O) groups excluding carboxylic acids is 2. The fourth-order valence-corrected chi connectivity index (χ4v) is 2.66. The molecule has 5 nitrogen and oxygen atoms in total. The molecular weight excluding hydrogens is 326 g/mol. The number of nitrogens with one attached hydrogen (secondary N) is 3. The number of rotatable bonds is 7. The van der Waals surface area contributed by atoms with E-state index in [2.05, 4.69) is 29.8 Å². The molecule has 1 aliphatic carbocycles. The Hall–Kier alpha value is -2.82. The fourth-order valence-electron chi connectivity index (χ4n) is 2.66. The van der Waals surface area contributed by atoms with E-state index in [0.29, 0.717) is 23.2 Å². The molecule has 2 amide bonds. The molecule has 0 saturated heterocycles. The Kier molecular flexibility index (Phi) is 5.56. The van der Waals surface area contributed by atoms with Crippen LogP contribution in [0.4, 0.5) is 11.4 Å². The summed E-state index contributed by atoms with van der Waals surface area (Å²) in [5.74, 6) is 0.208. The van der Waals surface area contributed by atoms with Gasteiger partial charge < -0.3 is 16.0 Å². The number of benzene rings is 2.